The highest BCUT2D eigenvalue weighted by atomic mass is 19.1. The van der Waals surface area contributed by atoms with Gasteiger partial charge in [0.05, 0.1) is 17.1 Å². The van der Waals surface area contributed by atoms with E-state index in [0.29, 0.717) is 12.6 Å². The van der Waals surface area contributed by atoms with Crippen molar-refractivity contribution in [2.24, 2.45) is 0 Å². The number of halogens is 2. The van der Waals surface area contributed by atoms with E-state index in [1.54, 1.807) is 0 Å². The lowest BCUT2D eigenvalue weighted by Gasteiger charge is -2.12. The molecule has 1 atom stereocenters. The van der Waals surface area contributed by atoms with E-state index in [1.807, 2.05) is 0 Å². The zero-order valence-corrected chi connectivity index (χ0v) is 10.3. The Hall–Kier alpha value is -1.76. The molecule has 1 aliphatic heterocycles. The van der Waals surface area contributed by atoms with Crippen LogP contribution in [0.2, 0.25) is 0 Å². The molecule has 2 N–H and O–H groups in total. The van der Waals surface area contributed by atoms with Crippen molar-refractivity contribution in [1.82, 2.24) is 5.32 Å². The summed E-state index contributed by atoms with van der Waals surface area (Å²) >= 11 is 0. The Kier molecular flexibility index (Phi) is 4.26. The van der Waals surface area contributed by atoms with E-state index in [4.69, 9.17) is 0 Å². The Balaban J connectivity index is 1.97. The molecule has 0 bridgehead atoms. The average Bonchev–Trinajstić information content (AvgIpc) is 2.85. The Morgan fingerprint density at radius 2 is 2.11 bits per heavy atom. The molecule has 1 heterocycles. The number of hydrogen-bond acceptors (Lipinski definition) is 4. The minimum absolute atomic E-state index is 0.302. The normalized spacial score (nSPS) is 18.5. The molecule has 0 aromatic heterocycles. The first-order valence-corrected chi connectivity index (χ1v) is 6.18. The zero-order chi connectivity index (χ0) is 13.8. The maximum atomic E-state index is 13.5. The summed E-state index contributed by atoms with van der Waals surface area (Å²) in [6.07, 6.45) is 2.94. The maximum absolute atomic E-state index is 13.5. The van der Waals surface area contributed by atoms with Gasteiger partial charge in [-0.1, -0.05) is 0 Å². The van der Waals surface area contributed by atoms with Crippen molar-refractivity contribution in [2.75, 3.05) is 18.4 Å². The van der Waals surface area contributed by atoms with E-state index in [9.17, 15) is 18.9 Å². The van der Waals surface area contributed by atoms with Crippen LogP contribution < -0.4 is 10.6 Å². The zero-order valence-electron chi connectivity index (χ0n) is 10.3. The van der Waals surface area contributed by atoms with Gasteiger partial charge in [-0.2, -0.15) is 0 Å². The maximum Gasteiger partial charge on any atom is 0.275 e. The molecular weight excluding hydrogens is 256 g/mol. The van der Waals surface area contributed by atoms with Crippen molar-refractivity contribution in [1.29, 1.82) is 0 Å². The molecule has 0 aliphatic carbocycles. The number of nitro groups is 1. The van der Waals surface area contributed by atoms with Gasteiger partial charge in [-0.3, -0.25) is 10.1 Å². The quantitative estimate of drug-likeness (QED) is 0.637. The summed E-state index contributed by atoms with van der Waals surface area (Å²) in [6, 6.07) is 1.81. The Morgan fingerprint density at radius 1 is 1.42 bits per heavy atom. The molecular formula is C12H15F2N3O2. The van der Waals surface area contributed by atoms with Crippen LogP contribution in [0.5, 0.6) is 0 Å². The number of nitrogens with zero attached hydrogens (tertiary/aromatic N) is 1. The van der Waals surface area contributed by atoms with Crippen LogP contribution >= 0.6 is 0 Å². The van der Waals surface area contributed by atoms with Gasteiger partial charge >= 0.3 is 0 Å². The third-order valence-corrected chi connectivity index (χ3v) is 3.19. The second kappa shape index (κ2) is 5.92. The fourth-order valence-electron chi connectivity index (χ4n) is 2.21. The van der Waals surface area contributed by atoms with E-state index in [2.05, 4.69) is 10.6 Å². The molecule has 2 rings (SSSR count). The van der Waals surface area contributed by atoms with Crippen molar-refractivity contribution in [3.8, 4) is 0 Å². The Labute approximate surface area is 109 Å². The molecule has 5 nitrogen and oxygen atoms in total. The van der Waals surface area contributed by atoms with Crippen LogP contribution in [0.4, 0.5) is 20.2 Å². The summed E-state index contributed by atoms with van der Waals surface area (Å²) in [5.74, 6) is -1.88. The number of hydrogen-bond donors (Lipinski definition) is 2. The van der Waals surface area contributed by atoms with E-state index in [0.717, 1.165) is 37.9 Å². The van der Waals surface area contributed by atoms with Crippen molar-refractivity contribution < 1.29 is 13.7 Å². The lowest BCUT2D eigenvalue weighted by atomic mass is 10.1. The summed E-state index contributed by atoms with van der Waals surface area (Å²) in [6.45, 7) is 1.40. The van der Waals surface area contributed by atoms with E-state index in [-0.39, 0.29) is 5.69 Å². The average molecular weight is 271 g/mol. The number of anilines is 1. The predicted molar refractivity (Wildman–Crippen MR) is 67.1 cm³/mol. The SMILES string of the molecule is O=[N+]([O-])c1cc(F)c(NCCC2CCCN2)c(F)c1. The first-order valence-electron chi connectivity index (χ1n) is 6.18. The summed E-state index contributed by atoms with van der Waals surface area (Å²) < 4.78 is 27.1. The molecule has 1 saturated heterocycles. The summed E-state index contributed by atoms with van der Waals surface area (Å²) in [5.41, 5.74) is -0.887. The van der Waals surface area contributed by atoms with Crippen molar-refractivity contribution >= 4 is 11.4 Å². The molecule has 1 aliphatic rings. The molecule has 1 aromatic carbocycles. The van der Waals surface area contributed by atoms with Crippen molar-refractivity contribution in [3.63, 3.8) is 0 Å². The third-order valence-electron chi connectivity index (χ3n) is 3.19. The molecule has 19 heavy (non-hydrogen) atoms. The molecule has 0 amide bonds. The van der Waals surface area contributed by atoms with Gasteiger partial charge < -0.3 is 10.6 Å². The minimum Gasteiger partial charge on any atom is -0.380 e. The highest BCUT2D eigenvalue weighted by molar-refractivity contribution is 5.51. The van der Waals surface area contributed by atoms with Crippen LogP contribution in [0.25, 0.3) is 0 Å². The van der Waals surface area contributed by atoms with Crippen molar-refractivity contribution in [2.45, 2.75) is 25.3 Å². The molecule has 104 valence electrons. The van der Waals surface area contributed by atoms with Gasteiger partial charge in [0.25, 0.3) is 5.69 Å². The lowest BCUT2D eigenvalue weighted by molar-refractivity contribution is -0.385. The number of nitrogens with one attached hydrogen (secondary N) is 2. The van der Waals surface area contributed by atoms with Gasteiger partial charge in [0, 0.05) is 12.6 Å². The highest BCUT2D eigenvalue weighted by Crippen LogP contribution is 2.24. The molecule has 1 fully saturated rings. The van der Waals surface area contributed by atoms with Gasteiger partial charge in [-0.25, -0.2) is 8.78 Å². The summed E-state index contributed by atoms with van der Waals surface area (Å²) in [4.78, 5) is 9.63. The van der Waals surface area contributed by atoms with Crippen LogP contribution in [0.3, 0.4) is 0 Å². The largest absolute Gasteiger partial charge is 0.380 e. The fraction of sp³-hybridized carbons (Fsp3) is 0.500. The topological polar surface area (TPSA) is 67.2 Å². The van der Waals surface area contributed by atoms with E-state index < -0.39 is 22.2 Å². The van der Waals surface area contributed by atoms with Gasteiger partial charge in [-0.05, 0) is 25.8 Å². The molecule has 1 aromatic rings. The van der Waals surface area contributed by atoms with Gasteiger partial charge in [0.1, 0.15) is 5.69 Å². The smallest absolute Gasteiger partial charge is 0.275 e. The van der Waals surface area contributed by atoms with Crippen molar-refractivity contribution in [3.05, 3.63) is 33.9 Å². The summed E-state index contributed by atoms with van der Waals surface area (Å²) in [5, 5.41) is 16.4. The fourth-order valence-corrected chi connectivity index (χ4v) is 2.21. The van der Waals surface area contributed by atoms with E-state index in [1.165, 1.54) is 0 Å². The molecule has 1 unspecified atom stereocenters. The molecule has 7 heteroatoms. The number of non-ortho nitro benzene ring substituents is 1. The first kappa shape index (κ1) is 13.7. The van der Waals surface area contributed by atoms with Crippen LogP contribution in [0.15, 0.2) is 12.1 Å². The molecule has 0 spiro atoms. The number of rotatable bonds is 5. The third kappa shape index (κ3) is 3.37. The van der Waals surface area contributed by atoms with Gasteiger partial charge in [-0.15, -0.1) is 0 Å². The van der Waals surface area contributed by atoms with E-state index >= 15 is 0 Å². The van der Waals surface area contributed by atoms with Crippen LogP contribution in [0, 0.1) is 21.7 Å². The second-order valence-corrected chi connectivity index (χ2v) is 4.55. The first-order chi connectivity index (χ1) is 9.08. The molecule has 0 saturated carbocycles. The molecule has 0 radical (unpaired) electrons. The second-order valence-electron chi connectivity index (χ2n) is 4.55. The predicted octanol–water partition coefficient (Wildman–Crippen LogP) is 2.43. The number of nitro benzene ring substituents is 1. The van der Waals surface area contributed by atoms with Crippen LogP contribution in [0.1, 0.15) is 19.3 Å². The summed E-state index contributed by atoms with van der Waals surface area (Å²) in [7, 11) is 0. The van der Waals surface area contributed by atoms with Gasteiger partial charge in [0.15, 0.2) is 11.6 Å². The van der Waals surface area contributed by atoms with Crippen LogP contribution in [-0.4, -0.2) is 24.1 Å². The Bertz CT molecular complexity index is 453. The Morgan fingerprint density at radius 3 is 2.63 bits per heavy atom. The highest BCUT2D eigenvalue weighted by Gasteiger charge is 2.18. The lowest BCUT2D eigenvalue weighted by Crippen LogP contribution is -2.24. The van der Waals surface area contributed by atoms with Crippen LogP contribution in [-0.2, 0) is 0 Å². The number of benzene rings is 1. The standard InChI is InChI=1S/C12H15F2N3O2/c13-10-6-9(17(18)19)7-11(14)12(10)16-5-3-8-2-1-4-15-8/h6-8,15-16H,1-5H2. The monoisotopic (exact) mass is 271 g/mol. The van der Waals surface area contributed by atoms with Gasteiger partial charge in [0.2, 0.25) is 0 Å². The minimum atomic E-state index is -0.939.